The molecule has 2 aromatic rings. The summed E-state index contributed by atoms with van der Waals surface area (Å²) < 4.78 is 27.9. The van der Waals surface area contributed by atoms with Crippen molar-refractivity contribution in [1.82, 2.24) is 0 Å². The molecule has 0 aliphatic carbocycles. The van der Waals surface area contributed by atoms with Crippen LogP contribution in [0.25, 0.3) is 0 Å². The minimum Gasteiger partial charge on any atom is -0.493 e. The molecule has 28 heavy (non-hydrogen) atoms. The van der Waals surface area contributed by atoms with E-state index < -0.39 is 0 Å². The van der Waals surface area contributed by atoms with Crippen molar-refractivity contribution in [3.63, 3.8) is 0 Å². The van der Waals surface area contributed by atoms with E-state index >= 15 is 0 Å². The van der Waals surface area contributed by atoms with E-state index in [2.05, 4.69) is 21.2 Å². The fraction of sp³-hybridized carbons (Fsp3) is 0.350. The fourth-order valence-electron chi connectivity index (χ4n) is 2.72. The Balaban J connectivity index is 1.68. The standard InChI is InChI=1S/C20H22BrNO6/c1-24-5-6-26-18-11-14(3-4-16(18)25-2)22-20(23)10-13-9-17-19(12-15(13)21)28-8-7-27-17/h3-4,9,11-12H,5-8,10H2,1-2H3,(H,22,23). The molecule has 0 spiro atoms. The summed E-state index contributed by atoms with van der Waals surface area (Å²) in [5.41, 5.74) is 1.43. The zero-order valence-corrected chi connectivity index (χ0v) is 17.3. The number of halogens is 1. The fourth-order valence-corrected chi connectivity index (χ4v) is 3.18. The van der Waals surface area contributed by atoms with Gasteiger partial charge in [-0.3, -0.25) is 4.79 Å². The first kappa shape index (κ1) is 20.3. The molecule has 8 heteroatoms. The van der Waals surface area contributed by atoms with Gasteiger partial charge >= 0.3 is 0 Å². The van der Waals surface area contributed by atoms with Gasteiger partial charge in [-0.2, -0.15) is 0 Å². The maximum Gasteiger partial charge on any atom is 0.228 e. The van der Waals surface area contributed by atoms with Gasteiger partial charge in [0.05, 0.1) is 20.1 Å². The number of hydrogen-bond acceptors (Lipinski definition) is 6. The van der Waals surface area contributed by atoms with Crippen LogP contribution in [0.3, 0.4) is 0 Å². The van der Waals surface area contributed by atoms with Crippen molar-refractivity contribution in [2.75, 3.05) is 46.0 Å². The Hall–Kier alpha value is -2.45. The number of benzene rings is 2. The van der Waals surface area contributed by atoms with Crippen LogP contribution >= 0.6 is 15.9 Å². The SMILES string of the molecule is COCCOc1cc(NC(=O)Cc2cc3c(cc2Br)OCCO3)ccc1OC. The largest absolute Gasteiger partial charge is 0.493 e. The van der Waals surface area contributed by atoms with Crippen molar-refractivity contribution in [2.45, 2.75) is 6.42 Å². The molecule has 0 saturated heterocycles. The number of methoxy groups -OCH3 is 2. The highest BCUT2D eigenvalue weighted by molar-refractivity contribution is 9.10. The summed E-state index contributed by atoms with van der Waals surface area (Å²) in [4.78, 5) is 12.5. The summed E-state index contributed by atoms with van der Waals surface area (Å²) >= 11 is 3.49. The lowest BCUT2D eigenvalue weighted by Gasteiger charge is -2.20. The number of ether oxygens (including phenoxy) is 5. The topological polar surface area (TPSA) is 75.3 Å². The molecule has 150 valence electrons. The maximum absolute atomic E-state index is 12.5. The van der Waals surface area contributed by atoms with E-state index in [0.29, 0.717) is 55.1 Å². The summed E-state index contributed by atoms with van der Waals surface area (Å²) in [6.45, 7) is 1.86. The van der Waals surface area contributed by atoms with Crippen molar-refractivity contribution in [1.29, 1.82) is 0 Å². The number of fused-ring (bicyclic) bond motifs is 1. The predicted octanol–water partition coefficient (Wildman–Crippen LogP) is 3.44. The highest BCUT2D eigenvalue weighted by Gasteiger charge is 2.17. The second kappa shape index (κ2) is 9.66. The van der Waals surface area contributed by atoms with Gasteiger partial charge in [-0.15, -0.1) is 0 Å². The molecule has 0 radical (unpaired) electrons. The lowest BCUT2D eigenvalue weighted by Crippen LogP contribution is -2.17. The molecule has 0 bridgehead atoms. The van der Waals surface area contributed by atoms with Crippen LogP contribution in [0.15, 0.2) is 34.8 Å². The number of carbonyl (C=O) groups excluding carboxylic acids is 1. The van der Waals surface area contributed by atoms with Crippen LogP contribution in [-0.4, -0.2) is 46.6 Å². The molecule has 1 N–H and O–H groups in total. The Labute approximate surface area is 172 Å². The van der Waals surface area contributed by atoms with E-state index in [0.717, 1.165) is 10.0 Å². The predicted molar refractivity (Wildman–Crippen MR) is 108 cm³/mol. The minimum atomic E-state index is -0.162. The van der Waals surface area contributed by atoms with Crippen molar-refractivity contribution in [2.24, 2.45) is 0 Å². The number of anilines is 1. The number of carbonyl (C=O) groups is 1. The number of hydrogen-bond donors (Lipinski definition) is 1. The van der Waals surface area contributed by atoms with E-state index in [9.17, 15) is 4.79 Å². The number of amides is 1. The summed E-state index contributed by atoms with van der Waals surface area (Å²) in [5, 5.41) is 2.88. The summed E-state index contributed by atoms with van der Waals surface area (Å²) in [6, 6.07) is 8.89. The second-order valence-electron chi connectivity index (χ2n) is 6.02. The van der Waals surface area contributed by atoms with Crippen molar-refractivity contribution >= 4 is 27.5 Å². The third kappa shape index (κ3) is 5.08. The van der Waals surface area contributed by atoms with E-state index in [1.54, 1.807) is 32.4 Å². The van der Waals surface area contributed by atoms with Crippen LogP contribution in [-0.2, 0) is 16.0 Å². The molecule has 0 saturated carbocycles. The van der Waals surface area contributed by atoms with Gasteiger partial charge in [-0.25, -0.2) is 0 Å². The Morgan fingerprint density at radius 2 is 1.82 bits per heavy atom. The average molecular weight is 452 g/mol. The van der Waals surface area contributed by atoms with Gasteiger partial charge in [-0.05, 0) is 29.8 Å². The molecule has 7 nitrogen and oxygen atoms in total. The molecule has 2 aromatic carbocycles. The lowest BCUT2D eigenvalue weighted by atomic mass is 10.1. The zero-order chi connectivity index (χ0) is 19.9. The molecule has 0 atom stereocenters. The highest BCUT2D eigenvalue weighted by Crippen LogP contribution is 2.36. The highest BCUT2D eigenvalue weighted by atomic mass is 79.9. The first-order valence-electron chi connectivity index (χ1n) is 8.78. The van der Waals surface area contributed by atoms with Crippen LogP contribution < -0.4 is 24.3 Å². The minimum absolute atomic E-state index is 0.162. The van der Waals surface area contributed by atoms with Gasteiger partial charge in [0.2, 0.25) is 5.91 Å². The van der Waals surface area contributed by atoms with Crippen molar-refractivity contribution in [3.8, 4) is 23.0 Å². The Kier molecular flexibility index (Phi) is 7.00. The Morgan fingerprint density at radius 3 is 2.54 bits per heavy atom. The Morgan fingerprint density at radius 1 is 1.07 bits per heavy atom. The van der Waals surface area contributed by atoms with Crippen LogP contribution in [0, 0.1) is 0 Å². The van der Waals surface area contributed by atoms with Crippen molar-refractivity contribution < 1.29 is 28.5 Å². The molecular formula is C20H22BrNO6. The lowest BCUT2D eigenvalue weighted by molar-refractivity contribution is -0.115. The molecule has 0 aromatic heterocycles. The second-order valence-corrected chi connectivity index (χ2v) is 6.87. The van der Waals surface area contributed by atoms with Gasteiger partial charge in [-0.1, -0.05) is 15.9 Å². The third-order valence-electron chi connectivity index (χ3n) is 4.05. The van der Waals surface area contributed by atoms with Gasteiger partial charge < -0.3 is 29.0 Å². The van der Waals surface area contributed by atoms with Gasteiger partial charge in [0.1, 0.15) is 19.8 Å². The average Bonchev–Trinajstić information content (AvgIpc) is 2.69. The Bertz CT molecular complexity index is 842. The zero-order valence-electron chi connectivity index (χ0n) is 15.7. The molecule has 0 fully saturated rings. The van der Waals surface area contributed by atoms with Crippen LogP contribution in [0.1, 0.15) is 5.56 Å². The molecule has 1 aliphatic heterocycles. The van der Waals surface area contributed by atoms with Crippen LogP contribution in [0.5, 0.6) is 23.0 Å². The maximum atomic E-state index is 12.5. The number of rotatable bonds is 8. The number of nitrogens with one attached hydrogen (secondary N) is 1. The molecule has 1 aliphatic rings. The van der Waals surface area contributed by atoms with Gasteiger partial charge in [0.25, 0.3) is 0 Å². The van der Waals surface area contributed by atoms with Crippen molar-refractivity contribution in [3.05, 3.63) is 40.4 Å². The van der Waals surface area contributed by atoms with E-state index in [1.807, 2.05) is 12.1 Å². The molecule has 3 rings (SSSR count). The first-order valence-corrected chi connectivity index (χ1v) is 9.57. The molecule has 1 heterocycles. The summed E-state index contributed by atoms with van der Waals surface area (Å²) in [7, 11) is 3.17. The van der Waals surface area contributed by atoms with E-state index in [-0.39, 0.29) is 12.3 Å². The van der Waals surface area contributed by atoms with Crippen LogP contribution in [0.4, 0.5) is 5.69 Å². The molecule has 0 unspecified atom stereocenters. The summed E-state index contributed by atoms with van der Waals surface area (Å²) in [5.74, 6) is 2.29. The third-order valence-corrected chi connectivity index (χ3v) is 4.79. The van der Waals surface area contributed by atoms with E-state index in [1.165, 1.54) is 0 Å². The van der Waals surface area contributed by atoms with Crippen LogP contribution in [0.2, 0.25) is 0 Å². The summed E-state index contributed by atoms with van der Waals surface area (Å²) in [6.07, 6.45) is 0.184. The normalized spacial score (nSPS) is 12.4. The molecule has 1 amide bonds. The quantitative estimate of drug-likeness (QED) is 0.619. The molecular weight excluding hydrogens is 430 g/mol. The van der Waals surface area contributed by atoms with E-state index in [4.69, 9.17) is 23.7 Å². The van der Waals surface area contributed by atoms with Gasteiger partial charge in [0.15, 0.2) is 23.0 Å². The van der Waals surface area contributed by atoms with Gasteiger partial charge in [0, 0.05) is 23.3 Å². The monoisotopic (exact) mass is 451 g/mol. The smallest absolute Gasteiger partial charge is 0.228 e. The first-order chi connectivity index (χ1) is 13.6.